The number of rotatable bonds is 5. The zero-order chi connectivity index (χ0) is 15.4. The highest BCUT2D eigenvalue weighted by Gasteiger charge is 2.26. The number of hydrogen-bond acceptors (Lipinski definition) is 3. The van der Waals surface area contributed by atoms with Crippen molar-refractivity contribution in [3.05, 3.63) is 60.2 Å². The molecular formula is C18H19N2O2+. The van der Waals surface area contributed by atoms with Crippen LogP contribution in [0.15, 0.2) is 48.9 Å². The molecule has 112 valence electrons. The molecular weight excluding hydrogens is 276 g/mol. The van der Waals surface area contributed by atoms with Crippen LogP contribution in [-0.2, 0) is 6.54 Å². The van der Waals surface area contributed by atoms with Crippen molar-refractivity contribution in [3.8, 4) is 0 Å². The Hall–Kier alpha value is -2.36. The van der Waals surface area contributed by atoms with Crippen molar-refractivity contribution in [1.82, 2.24) is 4.98 Å². The first-order valence-corrected chi connectivity index (χ1v) is 7.71. The standard InChI is InChI=1S/C18H19N2O2/c21-17(14-6-2-1-3-7-14)13-20-11-10-19-16(12-20)18(22)15-8-4-5-9-15/h1-3,6-7,10-12,15H,4-5,8-9,13H2/q+1. The molecule has 0 atom stereocenters. The minimum atomic E-state index is 0.0241. The van der Waals surface area contributed by atoms with Crippen LogP contribution in [0.5, 0.6) is 0 Å². The van der Waals surface area contributed by atoms with Crippen LogP contribution in [0.1, 0.15) is 46.5 Å². The van der Waals surface area contributed by atoms with E-state index in [0.29, 0.717) is 11.3 Å². The van der Waals surface area contributed by atoms with Gasteiger partial charge >= 0.3 is 0 Å². The minimum absolute atomic E-state index is 0.0241. The Labute approximate surface area is 129 Å². The summed E-state index contributed by atoms with van der Waals surface area (Å²) in [5.41, 5.74) is 1.14. The molecule has 1 aliphatic rings. The molecule has 1 aliphatic carbocycles. The van der Waals surface area contributed by atoms with Gasteiger partial charge < -0.3 is 0 Å². The van der Waals surface area contributed by atoms with Crippen LogP contribution >= 0.6 is 0 Å². The Morgan fingerprint density at radius 1 is 1.14 bits per heavy atom. The molecule has 2 aromatic rings. The Bertz CT molecular complexity index is 676. The van der Waals surface area contributed by atoms with Gasteiger partial charge in [0.05, 0.1) is 6.20 Å². The van der Waals surface area contributed by atoms with Crippen LogP contribution in [0.3, 0.4) is 0 Å². The molecule has 1 saturated carbocycles. The van der Waals surface area contributed by atoms with Crippen molar-refractivity contribution >= 4 is 11.6 Å². The quantitative estimate of drug-likeness (QED) is 0.629. The van der Waals surface area contributed by atoms with Crippen molar-refractivity contribution in [3.63, 3.8) is 0 Å². The average Bonchev–Trinajstić information content (AvgIpc) is 3.09. The number of nitrogens with zero attached hydrogens (tertiary/aromatic N) is 2. The van der Waals surface area contributed by atoms with Gasteiger partial charge in [-0.2, -0.15) is 4.57 Å². The molecule has 0 amide bonds. The molecule has 3 rings (SSSR count). The highest BCUT2D eigenvalue weighted by Crippen LogP contribution is 2.27. The first-order chi connectivity index (χ1) is 10.7. The highest BCUT2D eigenvalue weighted by atomic mass is 16.1. The Morgan fingerprint density at radius 2 is 1.86 bits per heavy atom. The smallest absolute Gasteiger partial charge is 0.227 e. The summed E-state index contributed by atoms with van der Waals surface area (Å²) in [6.45, 7) is 0.220. The maximum atomic E-state index is 12.4. The van der Waals surface area contributed by atoms with E-state index in [9.17, 15) is 9.59 Å². The number of carbonyl (C=O) groups is 2. The van der Waals surface area contributed by atoms with Crippen molar-refractivity contribution in [1.29, 1.82) is 0 Å². The molecule has 22 heavy (non-hydrogen) atoms. The first kappa shape index (κ1) is 14.6. The molecule has 1 aromatic heterocycles. The lowest BCUT2D eigenvalue weighted by Crippen LogP contribution is -2.38. The molecule has 4 nitrogen and oxygen atoms in total. The molecule has 0 N–H and O–H groups in total. The van der Waals surface area contributed by atoms with Crippen molar-refractivity contribution in [2.75, 3.05) is 0 Å². The lowest BCUT2D eigenvalue weighted by Gasteiger charge is -2.05. The van der Waals surface area contributed by atoms with E-state index in [2.05, 4.69) is 4.98 Å². The molecule has 0 aliphatic heterocycles. The van der Waals surface area contributed by atoms with Gasteiger partial charge in [-0.25, -0.2) is 4.98 Å². The van der Waals surface area contributed by atoms with Crippen LogP contribution < -0.4 is 4.57 Å². The maximum Gasteiger partial charge on any atom is 0.227 e. The topological polar surface area (TPSA) is 50.9 Å². The summed E-state index contributed by atoms with van der Waals surface area (Å²) >= 11 is 0. The van der Waals surface area contributed by atoms with Crippen LogP contribution in [-0.4, -0.2) is 16.6 Å². The first-order valence-electron chi connectivity index (χ1n) is 7.71. The van der Waals surface area contributed by atoms with Crippen LogP contribution in [0, 0.1) is 5.92 Å². The second-order valence-corrected chi connectivity index (χ2v) is 5.75. The summed E-state index contributed by atoms with van der Waals surface area (Å²) in [5.74, 6) is 0.239. The van der Waals surface area contributed by atoms with Gasteiger partial charge in [-0.3, -0.25) is 9.59 Å². The molecule has 0 saturated heterocycles. The molecule has 1 aromatic carbocycles. The van der Waals surface area contributed by atoms with E-state index in [1.807, 2.05) is 18.2 Å². The Kier molecular flexibility index (Phi) is 4.37. The monoisotopic (exact) mass is 295 g/mol. The third-order valence-electron chi connectivity index (χ3n) is 4.16. The number of aromatic nitrogens is 2. The fourth-order valence-corrected chi connectivity index (χ4v) is 2.94. The summed E-state index contributed by atoms with van der Waals surface area (Å²) in [6, 6.07) is 9.18. The molecule has 1 heterocycles. The number of Topliss-reactive ketones (excluding diaryl/α,β-unsaturated/α-hetero) is 2. The molecule has 0 spiro atoms. The fourth-order valence-electron chi connectivity index (χ4n) is 2.94. The van der Waals surface area contributed by atoms with Crippen molar-refractivity contribution in [2.24, 2.45) is 5.92 Å². The lowest BCUT2D eigenvalue weighted by atomic mass is 10.0. The van der Waals surface area contributed by atoms with E-state index in [1.165, 1.54) is 0 Å². The zero-order valence-electron chi connectivity index (χ0n) is 12.4. The SMILES string of the molecule is O=C(C[n+]1ccnc(C(=O)C2CCCC2)c1)c1ccccc1. The summed E-state index contributed by atoms with van der Waals surface area (Å²) in [6.07, 6.45) is 9.18. The third-order valence-corrected chi connectivity index (χ3v) is 4.16. The van der Waals surface area contributed by atoms with Gasteiger partial charge in [-0.15, -0.1) is 0 Å². The normalized spacial score (nSPS) is 14.9. The number of ketones is 2. The largest absolute Gasteiger partial charge is 0.292 e. The van der Waals surface area contributed by atoms with Gasteiger partial charge in [-0.05, 0) is 12.8 Å². The van der Waals surface area contributed by atoms with E-state index in [4.69, 9.17) is 0 Å². The zero-order valence-corrected chi connectivity index (χ0v) is 12.4. The second kappa shape index (κ2) is 6.60. The summed E-state index contributed by atoms with van der Waals surface area (Å²) in [7, 11) is 0. The highest BCUT2D eigenvalue weighted by molar-refractivity contribution is 5.96. The van der Waals surface area contributed by atoms with Crippen LogP contribution in [0.25, 0.3) is 0 Å². The minimum Gasteiger partial charge on any atom is -0.292 e. The van der Waals surface area contributed by atoms with Crippen molar-refractivity contribution < 1.29 is 14.2 Å². The number of hydrogen-bond donors (Lipinski definition) is 0. The maximum absolute atomic E-state index is 12.4. The predicted octanol–water partition coefficient (Wildman–Crippen LogP) is 2.62. The third kappa shape index (κ3) is 3.27. The van der Waals surface area contributed by atoms with Crippen molar-refractivity contribution in [2.45, 2.75) is 32.2 Å². The summed E-state index contributed by atoms with van der Waals surface area (Å²) in [5, 5.41) is 0. The van der Waals surface area contributed by atoms with Gasteiger partial charge in [-0.1, -0.05) is 43.2 Å². The van der Waals surface area contributed by atoms with Gasteiger partial charge in [0.2, 0.25) is 12.3 Å². The van der Waals surface area contributed by atoms with E-state index in [1.54, 1.807) is 35.3 Å². The molecule has 0 radical (unpaired) electrons. The summed E-state index contributed by atoms with van der Waals surface area (Å²) < 4.78 is 1.74. The van der Waals surface area contributed by atoms with Gasteiger partial charge in [0.25, 0.3) is 0 Å². The van der Waals surface area contributed by atoms with Crippen LogP contribution in [0.4, 0.5) is 0 Å². The fraction of sp³-hybridized carbons (Fsp3) is 0.333. The van der Waals surface area contributed by atoms with Gasteiger partial charge in [0, 0.05) is 11.5 Å². The van der Waals surface area contributed by atoms with Gasteiger partial charge in [0.15, 0.2) is 23.9 Å². The van der Waals surface area contributed by atoms with E-state index < -0.39 is 0 Å². The van der Waals surface area contributed by atoms with Gasteiger partial charge in [0.1, 0.15) is 0 Å². The van der Waals surface area contributed by atoms with E-state index >= 15 is 0 Å². The Morgan fingerprint density at radius 3 is 2.59 bits per heavy atom. The number of benzene rings is 1. The molecule has 4 heteroatoms. The molecule has 0 bridgehead atoms. The molecule has 0 unspecified atom stereocenters. The van der Waals surface area contributed by atoms with E-state index in [-0.39, 0.29) is 24.0 Å². The lowest BCUT2D eigenvalue weighted by molar-refractivity contribution is -0.683. The van der Waals surface area contributed by atoms with E-state index in [0.717, 1.165) is 25.7 Å². The summed E-state index contributed by atoms with van der Waals surface area (Å²) in [4.78, 5) is 28.8. The van der Waals surface area contributed by atoms with Crippen LogP contribution in [0.2, 0.25) is 0 Å². The number of carbonyl (C=O) groups excluding carboxylic acids is 2. The second-order valence-electron chi connectivity index (χ2n) is 5.75. The molecule has 1 fully saturated rings. The average molecular weight is 295 g/mol. The Balaban J connectivity index is 1.74. The predicted molar refractivity (Wildman–Crippen MR) is 81.5 cm³/mol.